The molecule has 31 heavy (non-hydrogen) atoms. The van der Waals surface area contributed by atoms with Crippen LogP contribution in [-0.4, -0.2) is 72.0 Å². The van der Waals surface area contributed by atoms with Crippen LogP contribution in [-0.2, 0) is 4.79 Å². The number of halogens is 1. The Labute approximate surface area is 185 Å². The van der Waals surface area contributed by atoms with Crippen molar-refractivity contribution in [3.05, 3.63) is 42.2 Å². The topological polar surface area (TPSA) is 52.6 Å². The highest BCUT2D eigenvalue weighted by molar-refractivity contribution is 7.21. The third-order valence-corrected chi connectivity index (χ3v) is 7.34. The molecule has 2 fully saturated rings. The van der Waals surface area contributed by atoms with E-state index < -0.39 is 0 Å². The van der Waals surface area contributed by atoms with Crippen LogP contribution in [0.4, 0.5) is 9.52 Å². The Morgan fingerprint density at radius 2 is 1.68 bits per heavy atom. The number of carbonyl (C=O) groups is 1. The average molecular weight is 440 g/mol. The maximum atomic E-state index is 13.2. The zero-order chi connectivity index (χ0) is 21.4. The van der Waals surface area contributed by atoms with E-state index in [1.165, 1.54) is 12.1 Å². The van der Waals surface area contributed by atoms with E-state index in [1.54, 1.807) is 23.5 Å². The fraction of sp³-hybridized carbons (Fsp3) is 0.435. The van der Waals surface area contributed by atoms with Gasteiger partial charge in [-0.15, -0.1) is 0 Å². The van der Waals surface area contributed by atoms with Crippen LogP contribution in [0.15, 0.2) is 36.4 Å². The second-order valence-corrected chi connectivity index (χ2v) is 9.37. The number of thiazole rings is 1. The van der Waals surface area contributed by atoms with Crippen LogP contribution < -0.4 is 4.90 Å². The molecule has 5 rings (SSSR count). The van der Waals surface area contributed by atoms with Gasteiger partial charge >= 0.3 is 0 Å². The van der Waals surface area contributed by atoms with Crippen LogP contribution in [0.25, 0.3) is 21.6 Å². The van der Waals surface area contributed by atoms with Gasteiger partial charge in [0.15, 0.2) is 5.13 Å². The molecule has 2 saturated heterocycles. The van der Waals surface area contributed by atoms with Crippen LogP contribution in [0.5, 0.6) is 0 Å². The summed E-state index contributed by atoms with van der Waals surface area (Å²) in [5, 5.41) is 0.962. The van der Waals surface area contributed by atoms with Gasteiger partial charge in [-0.25, -0.2) is 14.4 Å². The molecule has 4 heterocycles. The zero-order valence-corrected chi connectivity index (χ0v) is 18.4. The second-order valence-electron chi connectivity index (χ2n) is 8.41. The summed E-state index contributed by atoms with van der Waals surface area (Å²) >= 11 is 1.58. The SMILES string of the molecule is CN1CCN(C(=O)C2CCN(c3nc4ccc(-c5ccc(F)cc5)nc4s3)CC2)CC1. The molecule has 2 aliphatic heterocycles. The zero-order valence-electron chi connectivity index (χ0n) is 17.6. The summed E-state index contributed by atoms with van der Waals surface area (Å²) in [6.07, 6.45) is 1.74. The van der Waals surface area contributed by atoms with Crippen LogP contribution in [0.2, 0.25) is 0 Å². The van der Waals surface area contributed by atoms with Crippen molar-refractivity contribution in [3.63, 3.8) is 0 Å². The molecule has 1 aromatic carbocycles. The van der Waals surface area contributed by atoms with Gasteiger partial charge in [-0.3, -0.25) is 4.79 Å². The summed E-state index contributed by atoms with van der Waals surface area (Å²) in [6, 6.07) is 10.3. The van der Waals surface area contributed by atoms with Gasteiger partial charge in [0, 0.05) is 50.7 Å². The van der Waals surface area contributed by atoms with E-state index in [1.807, 2.05) is 17.0 Å². The molecule has 0 atom stereocenters. The Hall–Kier alpha value is -2.58. The summed E-state index contributed by atoms with van der Waals surface area (Å²) in [4.78, 5) is 29.9. The van der Waals surface area contributed by atoms with Crippen LogP contribution in [0, 0.1) is 11.7 Å². The molecule has 0 N–H and O–H groups in total. The standard InChI is InChI=1S/C23H26FN5OS/c1-27-12-14-28(15-13-27)22(30)17-8-10-29(11-9-17)23-26-20-7-6-19(25-21(20)31-23)16-2-4-18(24)5-3-16/h2-7,17H,8-15H2,1H3. The van der Waals surface area contributed by atoms with Crippen LogP contribution in [0.1, 0.15) is 12.8 Å². The molecule has 1 amide bonds. The van der Waals surface area contributed by atoms with Crippen LogP contribution in [0.3, 0.4) is 0 Å². The molecule has 0 spiro atoms. The fourth-order valence-corrected chi connectivity index (χ4v) is 5.32. The number of carbonyl (C=O) groups excluding carboxylic acids is 1. The highest BCUT2D eigenvalue weighted by atomic mass is 32.1. The lowest BCUT2D eigenvalue weighted by atomic mass is 9.95. The predicted molar refractivity (Wildman–Crippen MR) is 122 cm³/mol. The molecule has 6 nitrogen and oxygen atoms in total. The lowest BCUT2D eigenvalue weighted by Gasteiger charge is -2.37. The predicted octanol–water partition coefficient (Wildman–Crippen LogP) is 3.49. The Morgan fingerprint density at radius 3 is 2.39 bits per heavy atom. The normalized spacial score (nSPS) is 18.6. The number of piperidine rings is 1. The van der Waals surface area contributed by atoms with Crippen molar-refractivity contribution in [1.82, 2.24) is 19.8 Å². The van der Waals surface area contributed by atoms with Crippen molar-refractivity contribution in [1.29, 1.82) is 0 Å². The maximum absolute atomic E-state index is 13.2. The lowest BCUT2D eigenvalue weighted by Crippen LogP contribution is -2.50. The minimum atomic E-state index is -0.251. The van der Waals surface area contributed by atoms with E-state index in [0.29, 0.717) is 5.91 Å². The Bertz CT molecular complexity index is 1070. The number of rotatable bonds is 3. The van der Waals surface area contributed by atoms with E-state index in [9.17, 15) is 9.18 Å². The number of piperazine rings is 1. The number of hydrogen-bond donors (Lipinski definition) is 0. The first kappa shape index (κ1) is 20.3. The molecule has 0 radical (unpaired) electrons. The first-order valence-electron chi connectivity index (χ1n) is 10.8. The second kappa shape index (κ2) is 8.51. The van der Waals surface area contributed by atoms with E-state index in [2.05, 4.69) is 16.8 Å². The van der Waals surface area contributed by atoms with Gasteiger partial charge in [-0.1, -0.05) is 11.3 Å². The summed E-state index contributed by atoms with van der Waals surface area (Å²) in [5.41, 5.74) is 2.59. The molecular weight excluding hydrogens is 413 g/mol. The third kappa shape index (κ3) is 4.27. The maximum Gasteiger partial charge on any atom is 0.225 e. The average Bonchev–Trinajstić information content (AvgIpc) is 3.23. The number of amides is 1. The van der Waals surface area contributed by atoms with Crippen molar-refractivity contribution in [2.75, 3.05) is 51.2 Å². The van der Waals surface area contributed by atoms with Gasteiger partial charge in [-0.2, -0.15) is 0 Å². The monoisotopic (exact) mass is 439 g/mol. The van der Waals surface area contributed by atoms with Crippen molar-refractivity contribution < 1.29 is 9.18 Å². The van der Waals surface area contributed by atoms with Crippen LogP contribution >= 0.6 is 11.3 Å². The largest absolute Gasteiger partial charge is 0.348 e. The third-order valence-electron chi connectivity index (χ3n) is 6.31. The molecule has 2 aliphatic rings. The minimum Gasteiger partial charge on any atom is -0.348 e. The number of anilines is 1. The van der Waals surface area contributed by atoms with E-state index in [0.717, 1.165) is 78.8 Å². The Morgan fingerprint density at radius 1 is 0.968 bits per heavy atom. The summed E-state index contributed by atoms with van der Waals surface area (Å²) in [5.74, 6) is 0.194. The molecule has 0 aliphatic carbocycles. The molecule has 8 heteroatoms. The number of likely N-dealkylation sites (N-methyl/N-ethyl adjacent to an activating group) is 1. The number of benzene rings is 1. The highest BCUT2D eigenvalue weighted by Crippen LogP contribution is 2.32. The van der Waals surface area contributed by atoms with Gasteiger partial charge < -0.3 is 14.7 Å². The van der Waals surface area contributed by atoms with Gasteiger partial charge in [0.25, 0.3) is 0 Å². The highest BCUT2D eigenvalue weighted by Gasteiger charge is 2.30. The quantitative estimate of drug-likeness (QED) is 0.625. The molecule has 3 aromatic rings. The molecule has 2 aromatic heterocycles. The smallest absolute Gasteiger partial charge is 0.225 e. The van der Waals surface area contributed by atoms with Gasteiger partial charge in [-0.05, 0) is 56.3 Å². The molecule has 0 unspecified atom stereocenters. The first-order chi connectivity index (χ1) is 15.1. The van der Waals surface area contributed by atoms with Gasteiger partial charge in [0.1, 0.15) is 16.2 Å². The summed E-state index contributed by atoms with van der Waals surface area (Å²) < 4.78 is 13.2. The molecule has 0 saturated carbocycles. The minimum absolute atomic E-state index is 0.122. The summed E-state index contributed by atoms with van der Waals surface area (Å²) in [6.45, 7) is 5.29. The van der Waals surface area contributed by atoms with Crippen molar-refractivity contribution >= 4 is 32.7 Å². The van der Waals surface area contributed by atoms with E-state index in [4.69, 9.17) is 9.97 Å². The Balaban J connectivity index is 1.25. The number of aromatic nitrogens is 2. The Kier molecular flexibility index (Phi) is 5.58. The number of fused-ring (bicyclic) bond motifs is 1. The van der Waals surface area contributed by atoms with E-state index >= 15 is 0 Å². The molecular formula is C23H26FN5OS. The van der Waals surface area contributed by atoms with E-state index in [-0.39, 0.29) is 11.7 Å². The van der Waals surface area contributed by atoms with Gasteiger partial charge in [0.05, 0.1) is 5.69 Å². The molecule has 162 valence electrons. The van der Waals surface area contributed by atoms with Crippen molar-refractivity contribution in [2.45, 2.75) is 12.8 Å². The van der Waals surface area contributed by atoms with Crippen molar-refractivity contribution in [3.8, 4) is 11.3 Å². The number of pyridine rings is 1. The first-order valence-corrected chi connectivity index (χ1v) is 11.6. The van der Waals surface area contributed by atoms with Gasteiger partial charge in [0.2, 0.25) is 5.91 Å². The number of nitrogens with zero attached hydrogens (tertiary/aromatic N) is 5. The van der Waals surface area contributed by atoms with Crippen molar-refractivity contribution in [2.24, 2.45) is 5.92 Å². The number of hydrogen-bond acceptors (Lipinski definition) is 6. The summed E-state index contributed by atoms with van der Waals surface area (Å²) in [7, 11) is 2.11. The lowest BCUT2D eigenvalue weighted by molar-refractivity contribution is -0.137. The molecule has 0 bridgehead atoms. The fourth-order valence-electron chi connectivity index (χ4n) is 4.33.